The summed E-state index contributed by atoms with van der Waals surface area (Å²) in [7, 11) is 0. The van der Waals surface area contributed by atoms with Crippen molar-refractivity contribution in [1.82, 2.24) is 19.9 Å². The van der Waals surface area contributed by atoms with E-state index >= 15 is 0 Å². The van der Waals surface area contributed by atoms with Gasteiger partial charge in [0.05, 0.1) is 11.9 Å². The number of hydrogen-bond donors (Lipinski definition) is 1. The van der Waals surface area contributed by atoms with E-state index in [1.807, 2.05) is 6.92 Å². The Morgan fingerprint density at radius 1 is 1.21 bits per heavy atom. The van der Waals surface area contributed by atoms with E-state index in [9.17, 15) is 0 Å². The van der Waals surface area contributed by atoms with E-state index in [0.29, 0.717) is 5.65 Å². The molecule has 0 aromatic carbocycles. The minimum atomic E-state index is 0.0280. The van der Waals surface area contributed by atoms with Crippen LogP contribution in [0, 0.1) is 6.92 Å². The molecule has 2 aromatic rings. The summed E-state index contributed by atoms with van der Waals surface area (Å²) in [6.45, 7) is 8.25. The Labute approximate surface area is 82.8 Å². The van der Waals surface area contributed by atoms with E-state index in [1.54, 1.807) is 6.20 Å². The number of fused-ring (bicyclic) bond motifs is 1. The van der Waals surface area contributed by atoms with Gasteiger partial charge in [-0.3, -0.25) is 0 Å². The van der Waals surface area contributed by atoms with Gasteiger partial charge in [-0.15, -0.1) is 0 Å². The maximum absolute atomic E-state index is 4.49. The SMILES string of the molecule is Cc1nc2ncc(C(C)(C)C)nc2[nH]1. The highest BCUT2D eigenvalue weighted by Gasteiger charge is 2.17. The smallest absolute Gasteiger partial charge is 0.197 e. The summed E-state index contributed by atoms with van der Waals surface area (Å²) in [6.07, 6.45) is 1.79. The lowest BCUT2D eigenvalue weighted by molar-refractivity contribution is 0.568. The maximum atomic E-state index is 4.49. The maximum Gasteiger partial charge on any atom is 0.197 e. The van der Waals surface area contributed by atoms with E-state index in [4.69, 9.17) is 0 Å². The van der Waals surface area contributed by atoms with Crippen LogP contribution in [0.25, 0.3) is 11.3 Å². The molecule has 1 N–H and O–H groups in total. The Kier molecular flexibility index (Phi) is 1.80. The monoisotopic (exact) mass is 190 g/mol. The van der Waals surface area contributed by atoms with Crippen molar-refractivity contribution in [1.29, 1.82) is 0 Å². The number of imidazole rings is 1. The Bertz CT molecular complexity index is 464. The number of nitrogens with one attached hydrogen (secondary N) is 1. The van der Waals surface area contributed by atoms with E-state index in [-0.39, 0.29) is 5.41 Å². The molecule has 0 saturated carbocycles. The normalized spacial score (nSPS) is 12.3. The van der Waals surface area contributed by atoms with Crippen LogP contribution in [0.3, 0.4) is 0 Å². The third kappa shape index (κ3) is 1.47. The molecule has 0 radical (unpaired) electrons. The summed E-state index contributed by atoms with van der Waals surface area (Å²) >= 11 is 0. The Hall–Kier alpha value is -1.45. The molecule has 0 unspecified atom stereocenters. The first kappa shape index (κ1) is 9.12. The van der Waals surface area contributed by atoms with Gasteiger partial charge in [0.1, 0.15) is 5.82 Å². The highest BCUT2D eigenvalue weighted by Crippen LogP contribution is 2.20. The highest BCUT2D eigenvalue weighted by atomic mass is 15.0. The van der Waals surface area contributed by atoms with Crippen molar-refractivity contribution in [2.24, 2.45) is 0 Å². The third-order valence-corrected chi connectivity index (χ3v) is 2.09. The molecule has 0 bridgehead atoms. The molecule has 0 aliphatic rings. The fourth-order valence-electron chi connectivity index (χ4n) is 1.27. The second kappa shape index (κ2) is 2.77. The van der Waals surface area contributed by atoms with E-state index in [0.717, 1.165) is 17.2 Å². The van der Waals surface area contributed by atoms with Gasteiger partial charge in [0.2, 0.25) is 0 Å². The van der Waals surface area contributed by atoms with E-state index < -0.39 is 0 Å². The van der Waals surface area contributed by atoms with Gasteiger partial charge in [-0.1, -0.05) is 20.8 Å². The first-order valence-electron chi connectivity index (χ1n) is 4.66. The Balaban J connectivity index is 2.62. The van der Waals surface area contributed by atoms with Crippen LogP contribution >= 0.6 is 0 Å². The second-order valence-corrected chi connectivity index (χ2v) is 4.50. The molecule has 4 heteroatoms. The minimum Gasteiger partial charge on any atom is -0.325 e. The first-order valence-corrected chi connectivity index (χ1v) is 4.66. The van der Waals surface area contributed by atoms with Gasteiger partial charge in [0.15, 0.2) is 11.3 Å². The predicted molar refractivity (Wildman–Crippen MR) is 55.1 cm³/mol. The summed E-state index contributed by atoms with van der Waals surface area (Å²) in [5.41, 5.74) is 2.47. The quantitative estimate of drug-likeness (QED) is 0.690. The fraction of sp³-hybridized carbons (Fsp3) is 0.500. The lowest BCUT2D eigenvalue weighted by Gasteiger charge is -2.16. The molecule has 0 saturated heterocycles. The van der Waals surface area contributed by atoms with Crippen molar-refractivity contribution in [2.75, 3.05) is 0 Å². The largest absolute Gasteiger partial charge is 0.325 e. The molecule has 4 nitrogen and oxygen atoms in total. The summed E-state index contributed by atoms with van der Waals surface area (Å²) in [4.78, 5) is 16.0. The Morgan fingerprint density at radius 2 is 1.93 bits per heavy atom. The van der Waals surface area contributed by atoms with Crippen molar-refractivity contribution < 1.29 is 0 Å². The number of rotatable bonds is 0. The van der Waals surface area contributed by atoms with Crippen LogP contribution in [0.1, 0.15) is 32.3 Å². The molecule has 0 spiro atoms. The predicted octanol–water partition coefficient (Wildman–Crippen LogP) is 1.96. The van der Waals surface area contributed by atoms with Crippen LogP contribution in [-0.2, 0) is 5.41 Å². The van der Waals surface area contributed by atoms with Crippen molar-refractivity contribution in [3.05, 3.63) is 17.7 Å². The number of nitrogens with zero attached hydrogens (tertiary/aromatic N) is 3. The molecule has 0 aliphatic heterocycles. The molecule has 0 aliphatic carbocycles. The van der Waals surface area contributed by atoms with Gasteiger partial charge in [0, 0.05) is 5.41 Å². The number of aryl methyl sites for hydroxylation is 1. The lowest BCUT2D eigenvalue weighted by atomic mass is 9.93. The van der Waals surface area contributed by atoms with Gasteiger partial charge in [-0.2, -0.15) is 0 Å². The average Bonchev–Trinajstić information content (AvgIpc) is 2.41. The van der Waals surface area contributed by atoms with Crippen LogP contribution in [0.15, 0.2) is 6.20 Å². The third-order valence-electron chi connectivity index (χ3n) is 2.09. The van der Waals surface area contributed by atoms with Crippen LogP contribution in [0.4, 0.5) is 0 Å². The molecule has 2 aromatic heterocycles. The molecule has 0 amide bonds. The van der Waals surface area contributed by atoms with Gasteiger partial charge in [0.25, 0.3) is 0 Å². The molecular formula is C10H14N4. The van der Waals surface area contributed by atoms with Crippen molar-refractivity contribution in [3.8, 4) is 0 Å². The summed E-state index contributed by atoms with van der Waals surface area (Å²) in [6, 6.07) is 0. The van der Waals surface area contributed by atoms with Crippen LogP contribution in [0.5, 0.6) is 0 Å². The van der Waals surface area contributed by atoms with E-state index in [2.05, 4.69) is 40.7 Å². The minimum absolute atomic E-state index is 0.0280. The highest BCUT2D eigenvalue weighted by molar-refractivity contribution is 5.65. The molecular weight excluding hydrogens is 176 g/mol. The van der Waals surface area contributed by atoms with Gasteiger partial charge >= 0.3 is 0 Å². The zero-order valence-electron chi connectivity index (χ0n) is 8.92. The van der Waals surface area contributed by atoms with Crippen molar-refractivity contribution in [3.63, 3.8) is 0 Å². The second-order valence-electron chi connectivity index (χ2n) is 4.50. The summed E-state index contributed by atoms with van der Waals surface area (Å²) in [5, 5.41) is 0. The van der Waals surface area contributed by atoms with Crippen LogP contribution < -0.4 is 0 Å². The van der Waals surface area contributed by atoms with Crippen LogP contribution in [0.2, 0.25) is 0 Å². The number of aromatic amines is 1. The first-order chi connectivity index (χ1) is 6.47. The summed E-state index contributed by atoms with van der Waals surface area (Å²) < 4.78 is 0. The van der Waals surface area contributed by atoms with Gasteiger partial charge < -0.3 is 4.98 Å². The average molecular weight is 190 g/mol. The summed E-state index contributed by atoms with van der Waals surface area (Å²) in [5.74, 6) is 0.853. The number of aromatic nitrogens is 4. The van der Waals surface area contributed by atoms with Crippen molar-refractivity contribution >= 4 is 11.3 Å². The fourth-order valence-corrected chi connectivity index (χ4v) is 1.27. The molecule has 2 rings (SSSR count). The van der Waals surface area contributed by atoms with Gasteiger partial charge in [-0.05, 0) is 6.92 Å². The van der Waals surface area contributed by atoms with E-state index in [1.165, 1.54) is 0 Å². The van der Waals surface area contributed by atoms with Crippen LogP contribution in [-0.4, -0.2) is 19.9 Å². The number of H-pyrrole nitrogens is 1. The Morgan fingerprint density at radius 3 is 2.57 bits per heavy atom. The zero-order chi connectivity index (χ0) is 10.3. The molecule has 14 heavy (non-hydrogen) atoms. The topological polar surface area (TPSA) is 54.5 Å². The van der Waals surface area contributed by atoms with Gasteiger partial charge in [-0.25, -0.2) is 15.0 Å². The molecule has 74 valence electrons. The zero-order valence-corrected chi connectivity index (χ0v) is 8.92. The number of hydrogen-bond acceptors (Lipinski definition) is 3. The molecule has 0 fully saturated rings. The lowest BCUT2D eigenvalue weighted by Crippen LogP contribution is -2.13. The molecule has 2 heterocycles. The van der Waals surface area contributed by atoms with Crippen molar-refractivity contribution in [2.45, 2.75) is 33.1 Å². The standard InChI is InChI=1S/C10H14N4/c1-6-12-8-9(13-6)14-7(5-11-8)10(2,3)4/h5H,1-4H3,(H,11,12,13,14). The molecule has 0 atom stereocenters.